The largest absolute Gasteiger partial charge is 0.478 e. The van der Waals surface area contributed by atoms with Gasteiger partial charge < -0.3 is 36.4 Å². The molecule has 0 aromatic heterocycles. The normalized spacial score (nSPS) is 28.1. The Balaban J connectivity index is 1.48. The number of esters is 1. The van der Waals surface area contributed by atoms with Gasteiger partial charge in [0.05, 0.1) is 25.7 Å². The third kappa shape index (κ3) is 4.85. The molecule has 7 N–H and O–H groups in total. The summed E-state index contributed by atoms with van der Waals surface area (Å²) in [4.78, 5) is 43.8. The van der Waals surface area contributed by atoms with E-state index in [2.05, 4.69) is 4.99 Å². The van der Waals surface area contributed by atoms with Gasteiger partial charge in [-0.05, 0) is 31.1 Å². The summed E-state index contributed by atoms with van der Waals surface area (Å²) in [6.07, 6.45) is 8.15. The number of allylic oxidation sites excluding steroid dienone is 2. The lowest BCUT2D eigenvalue weighted by Crippen LogP contribution is -2.71. The van der Waals surface area contributed by atoms with Crippen LogP contribution in [0.15, 0.2) is 52.0 Å². The number of piperidine rings is 1. The number of likely N-dealkylation sites (tertiary alicyclic amines) is 1. The number of carboxylic acids is 1. The lowest BCUT2D eigenvalue weighted by Gasteiger charge is -2.55. The van der Waals surface area contributed by atoms with E-state index in [4.69, 9.17) is 21.9 Å². The molecule has 0 aromatic carbocycles. The molecule has 0 aromatic rings. The van der Waals surface area contributed by atoms with Crippen LogP contribution in [-0.4, -0.2) is 95.6 Å². The first kappa shape index (κ1) is 27.5. The van der Waals surface area contributed by atoms with Crippen LogP contribution in [0.2, 0.25) is 0 Å². The van der Waals surface area contributed by atoms with E-state index in [0.717, 1.165) is 0 Å². The number of ketones is 1. The standard InChI is InChI=1S/C26H35FN6O5/c1-33-14-8-17(23(35)36)22(34)26(33)10-2-4-18(27)21(26)20(9-15-33)32-12-6-16(7-13-32)38-24(37)19(28)5-3-11-31-25(29)30/h2,4,8,10,16,19H,3,5-7,9,11-15,28H2,1H3,(H4-,29,30,31,35,36)/p+1/t19-,26?,33+/m0/s1. The van der Waals surface area contributed by atoms with Gasteiger partial charge in [-0.1, -0.05) is 6.08 Å². The van der Waals surface area contributed by atoms with Crippen molar-refractivity contribution in [3.63, 3.8) is 0 Å². The fraction of sp³-hybridized carbons (Fsp3) is 0.538. The van der Waals surface area contributed by atoms with E-state index in [1.54, 1.807) is 6.08 Å². The number of carbonyl (C=O) groups is 3. The maximum atomic E-state index is 15.6. The monoisotopic (exact) mass is 531 g/mol. The Labute approximate surface area is 220 Å². The number of rotatable bonds is 8. The van der Waals surface area contributed by atoms with Crippen LogP contribution in [0, 0.1) is 0 Å². The Morgan fingerprint density at radius 3 is 2.71 bits per heavy atom. The second-order valence-electron chi connectivity index (χ2n) is 10.4. The maximum Gasteiger partial charge on any atom is 0.339 e. The Kier molecular flexibility index (Phi) is 7.75. The van der Waals surface area contributed by atoms with Crippen LogP contribution in [0.4, 0.5) is 4.39 Å². The van der Waals surface area contributed by atoms with Crippen molar-refractivity contribution in [3.05, 3.63) is 47.0 Å². The zero-order chi connectivity index (χ0) is 27.7. The van der Waals surface area contributed by atoms with Crippen LogP contribution in [0.25, 0.3) is 0 Å². The molecule has 4 rings (SSSR count). The van der Waals surface area contributed by atoms with Gasteiger partial charge in [-0.15, -0.1) is 0 Å². The number of aliphatic carboxylic acids is 1. The number of hydrogen-bond acceptors (Lipinski definition) is 7. The van der Waals surface area contributed by atoms with Gasteiger partial charge >= 0.3 is 11.9 Å². The molecule has 206 valence electrons. The Bertz CT molecular complexity index is 1160. The average molecular weight is 532 g/mol. The third-order valence-corrected chi connectivity index (χ3v) is 8.08. The van der Waals surface area contributed by atoms with E-state index in [1.165, 1.54) is 18.2 Å². The molecular weight excluding hydrogens is 495 g/mol. The van der Waals surface area contributed by atoms with Gasteiger partial charge in [0.25, 0.3) is 0 Å². The van der Waals surface area contributed by atoms with Gasteiger partial charge in [0, 0.05) is 44.6 Å². The van der Waals surface area contributed by atoms with Crippen LogP contribution < -0.4 is 17.2 Å². The van der Waals surface area contributed by atoms with E-state index in [9.17, 15) is 19.5 Å². The Morgan fingerprint density at radius 1 is 1.34 bits per heavy atom. The van der Waals surface area contributed by atoms with E-state index in [1.807, 2.05) is 11.9 Å². The first-order chi connectivity index (χ1) is 18.0. The highest BCUT2D eigenvalue weighted by Gasteiger charge is 2.63. The summed E-state index contributed by atoms with van der Waals surface area (Å²) in [5.74, 6) is -2.91. The predicted molar refractivity (Wildman–Crippen MR) is 138 cm³/mol. The number of ether oxygens (including phenoxy) is 1. The smallest absolute Gasteiger partial charge is 0.339 e. The molecule has 1 spiro atoms. The fourth-order valence-electron chi connectivity index (χ4n) is 5.98. The van der Waals surface area contributed by atoms with E-state index in [0.29, 0.717) is 70.5 Å². The minimum Gasteiger partial charge on any atom is -0.478 e. The molecule has 0 amide bonds. The number of halogens is 1. The number of hydrogen-bond donors (Lipinski definition) is 4. The number of likely N-dealkylation sites (N-methyl/N-ethyl adjacent to an activating group) is 1. The summed E-state index contributed by atoms with van der Waals surface area (Å²) < 4.78 is 21.4. The van der Waals surface area contributed by atoms with Gasteiger partial charge in [0.1, 0.15) is 23.5 Å². The van der Waals surface area contributed by atoms with Crippen molar-refractivity contribution in [1.29, 1.82) is 0 Å². The molecule has 1 fully saturated rings. The number of nitrogens with zero attached hydrogens (tertiary/aromatic N) is 3. The molecule has 3 heterocycles. The summed E-state index contributed by atoms with van der Waals surface area (Å²) in [6.45, 7) is 2.25. The Hall–Kier alpha value is -3.51. The predicted octanol–water partition coefficient (Wildman–Crippen LogP) is 0.235. The van der Waals surface area contributed by atoms with E-state index in [-0.39, 0.29) is 27.7 Å². The number of guanidine groups is 1. The van der Waals surface area contributed by atoms with Crippen molar-refractivity contribution in [3.8, 4) is 0 Å². The minimum absolute atomic E-state index is 0.0114. The number of carboxylic acid groups (broad SMARTS) is 1. The molecule has 1 aliphatic carbocycles. The number of quaternary nitrogens is 1. The van der Waals surface area contributed by atoms with Crippen LogP contribution in [0.3, 0.4) is 0 Å². The Morgan fingerprint density at radius 2 is 2.05 bits per heavy atom. The van der Waals surface area contributed by atoms with Crippen molar-refractivity contribution in [2.45, 2.75) is 49.8 Å². The van der Waals surface area contributed by atoms with Crippen molar-refractivity contribution in [2.24, 2.45) is 22.2 Å². The van der Waals surface area contributed by atoms with Crippen LogP contribution in [-0.2, 0) is 19.1 Å². The van der Waals surface area contributed by atoms with E-state index >= 15 is 4.39 Å². The zero-order valence-electron chi connectivity index (χ0n) is 21.6. The maximum absolute atomic E-state index is 15.6. The van der Waals surface area contributed by atoms with Crippen LogP contribution in [0.5, 0.6) is 0 Å². The highest BCUT2D eigenvalue weighted by Crippen LogP contribution is 2.49. The SMILES string of the molecule is C[N@+]12CC=C(C(=O)O)C(=O)C13C=CC=C(F)C3=C(N1CCC(OC(=O)[C@@H](N)CCCN=C(N)N)CC1)CC2. The highest BCUT2D eigenvalue weighted by molar-refractivity contribution is 6.22. The molecule has 0 saturated carbocycles. The van der Waals surface area contributed by atoms with Crippen LogP contribution >= 0.6 is 0 Å². The second kappa shape index (κ2) is 10.7. The molecule has 3 atom stereocenters. The summed E-state index contributed by atoms with van der Waals surface area (Å²) >= 11 is 0. The molecule has 0 radical (unpaired) electrons. The van der Waals surface area contributed by atoms with Crippen molar-refractivity contribution < 1.29 is 33.1 Å². The number of nitrogens with two attached hydrogens (primary N) is 3. The van der Waals surface area contributed by atoms with Gasteiger partial charge in [-0.3, -0.25) is 14.6 Å². The molecule has 12 heteroatoms. The zero-order valence-corrected chi connectivity index (χ0v) is 21.6. The minimum atomic E-state index is -1.43. The van der Waals surface area contributed by atoms with Gasteiger partial charge in [-0.2, -0.15) is 0 Å². The fourth-order valence-corrected chi connectivity index (χ4v) is 5.98. The molecule has 11 nitrogen and oxygen atoms in total. The van der Waals surface area contributed by atoms with Gasteiger partial charge in [-0.25, -0.2) is 9.18 Å². The number of carbonyl (C=O) groups excluding carboxylic acids is 2. The summed E-state index contributed by atoms with van der Waals surface area (Å²) in [5, 5.41) is 9.65. The lowest BCUT2D eigenvalue weighted by atomic mass is 9.70. The lowest BCUT2D eigenvalue weighted by molar-refractivity contribution is -0.934. The summed E-state index contributed by atoms with van der Waals surface area (Å²) in [6, 6.07) is -0.775. The summed E-state index contributed by atoms with van der Waals surface area (Å²) in [7, 11) is 1.87. The van der Waals surface area contributed by atoms with E-state index < -0.39 is 35.1 Å². The number of aliphatic imine (C=N–C) groups is 1. The first-order valence-corrected chi connectivity index (χ1v) is 12.9. The summed E-state index contributed by atoms with van der Waals surface area (Å²) in [5.41, 5.74) is 15.8. The first-order valence-electron chi connectivity index (χ1n) is 12.9. The van der Waals surface area contributed by atoms with Gasteiger partial charge in [0.2, 0.25) is 11.3 Å². The van der Waals surface area contributed by atoms with Crippen molar-refractivity contribution >= 4 is 23.7 Å². The molecule has 4 aliphatic rings. The van der Waals surface area contributed by atoms with Crippen LogP contribution in [0.1, 0.15) is 32.1 Å². The van der Waals surface area contributed by atoms with Crippen molar-refractivity contribution in [1.82, 2.24) is 4.90 Å². The molecule has 38 heavy (non-hydrogen) atoms. The molecule has 0 bridgehead atoms. The average Bonchev–Trinajstić information content (AvgIpc) is 2.87. The van der Waals surface area contributed by atoms with Crippen molar-refractivity contribution in [2.75, 3.05) is 39.8 Å². The van der Waals surface area contributed by atoms with Gasteiger partial charge in [0.15, 0.2) is 5.96 Å². The number of Topliss-reactive ketones (excluding diaryl/α,β-unsaturated/α-hetero) is 1. The molecule has 1 saturated heterocycles. The quantitative estimate of drug-likeness (QED) is 0.0854. The second-order valence-corrected chi connectivity index (χ2v) is 10.4. The topological polar surface area (TPSA) is 174 Å². The molecule has 3 aliphatic heterocycles. The third-order valence-electron chi connectivity index (χ3n) is 8.08. The molecule has 1 unspecified atom stereocenters. The molecular formula is C26H36FN6O5+. The highest BCUT2D eigenvalue weighted by atomic mass is 19.1.